The highest BCUT2D eigenvalue weighted by Gasteiger charge is 2.52. The Morgan fingerprint density at radius 3 is 1.10 bits per heavy atom. The Balaban J connectivity index is 1.00. The van der Waals surface area contributed by atoms with Gasteiger partial charge in [0.1, 0.15) is 0 Å². The van der Waals surface area contributed by atoms with E-state index < -0.39 is 10.8 Å². The van der Waals surface area contributed by atoms with Crippen molar-refractivity contribution in [3.05, 3.63) is 280 Å². The van der Waals surface area contributed by atoms with E-state index in [1.165, 1.54) is 109 Å². The summed E-state index contributed by atoms with van der Waals surface area (Å²) in [4.78, 5) is 7.81. The summed E-state index contributed by atoms with van der Waals surface area (Å²) in [5, 5.41) is 0. The second-order valence-electron chi connectivity index (χ2n) is 19.5. The van der Waals surface area contributed by atoms with E-state index >= 15 is 0 Å². The molecule has 2 spiro atoms. The summed E-state index contributed by atoms with van der Waals surface area (Å²) in [6, 6.07) is 85.7. The first-order chi connectivity index (χ1) is 33.5. The van der Waals surface area contributed by atoms with Gasteiger partial charge in [0.15, 0.2) is 0 Å². The number of rotatable bonds is 3. The predicted octanol–water partition coefficient (Wildman–Crippen LogP) is 17.1. The van der Waals surface area contributed by atoms with E-state index in [9.17, 15) is 0 Å². The van der Waals surface area contributed by atoms with Crippen LogP contribution in [0.1, 0.15) is 69.5 Å². The minimum Gasteiger partial charge on any atom is -0.310 e. The van der Waals surface area contributed by atoms with Gasteiger partial charge in [0.05, 0.1) is 10.8 Å². The quantitative estimate of drug-likeness (QED) is 0.174. The van der Waals surface area contributed by atoms with Gasteiger partial charge in [0.25, 0.3) is 0 Å². The van der Waals surface area contributed by atoms with Crippen molar-refractivity contribution in [2.24, 2.45) is 0 Å². The highest BCUT2D eigenvalue weighted by molar-refractivity contribution is 7.99. The van der Waals surface area contributed by atoms with E-state index in [1.54, 1.807) is 0 Å². The molecule has 0 bridgehead atoms. The summed E-state index contributed by atoms with van der Waals surface area (Å²) in [6.45, 7) is 4.78. The van der Waals surface area contributed by atoms with Crippen LogP contribution in [-0.4, -0.2) is 0 Å². The van der Waals surface area contributed by atoms with Crippen LogP contribution in [0.5, 0.6) is 0 Å². The van der Waals surface area contributed by atoms with Gasteiger partial charge in [-0.05, 0) is 150 Å². The fraction of sp³-hybridized carbons (Fsp3) is 0.0769. The van der Waals surface area contributed by atoms with Crippen molar-refractivity contribution in [1.82, 2.24) is 0 Å². The number of hydrogen-bond donors (Lipinski definition) is 0. The zero-order chi connectivity index (χ0) is 44.9. The Hall–Kier alpha value is -7.30. The van der Waals surface area contributed by atoms with Crippen LogP contribution in [0, 0.1) is 0 Å². The lowest BCUT2D eigenvalue weighted by Crippen LogP contribution is -2.32. The molecule has 3 aliphatic carbocycles. The van der Waals surface area contributed by atoms with Gasteiger partial charge in [-0.2, -0.15) is 0 Å². The largest absolute Gasteiger partial charge is 0.310 e. The molecule has 0 aromatic heterocycles. The number of anilines is 3. The molecule has 0 atom stereocenters. The van der Waals surface area contributed by atoms with Gasteiger partial charge in [0.2, 0.25) is 0 Å². The van der Waals surface area contributed by atoms with E-state index in [-0.39, 0.29) is 5.41 Å². The summed E-state index contributed by atoms with van der Waals surface area (Å²) in [6.07, 6.45) is 0. The molecule has 0 radical (unpaired) electrons. The smallest absolute Gasteiger partial charge is 0.0736 e. The van der Waals surface area contributed by atoms with Crippen LogP contribution in [0.15, 0.2) is 244 Å². The van der Waals surface area contributed by atoms with Gasteiger partial charge in [-0.15, -0.1) is 0 Å². The average molecular weight is 902 g/mol. The zero-order valence-corrected chi connectivity index (χ0v) is 39.3. The minimum atomic E-state index is -0.489. The van der Waals surface area contributed by atoms with Crippen LogP contribution in [0.4, 0.5) is 17.1 Å². The molecule has 320 valence electrons. The molecule has 0 fully saturated rings. The minimum absolute atomic E-state index is 0.159. The fourth-order valence-electron chi connectivity index (χ4n) is 13.2. The fourth-order valence-corrected chi connectivity index (χ4v) is 15.6. The Labute approximate surface area is 406 Å². The molecule has 0 unspecified atom stereocenters. The zero-order valence-electron chi connectivity index (χ0n) is 37.6. The topological polar surface area (TPSA) is 3.24 Å². The lowest BCUT2D eigenvalue weighted by Gasteiger charge is -2.40. The average Bonchev–Trinajstić information content (AvgIpc) is 3.93. The van der Waals surface area contributed by atoms with E-state index in [0.717, 1.165) is 17.1 Å². The monoisotopic (exact) mass is 901 g/mol. The summed E-state index contributed by atoms with van der Waals surface area (Å²) in [7, 11) is 0. The molecule has 5 aliphatic rings. The van der Waals surface area contributed by atoms with Crippen LogP contribution in [0.25, 0.3) is 33.4 Å². The second kappa shape index (κ2) is 13.9. The molecule has 0 saturated heterocycles. The molecule has 68 heavy (non-hydrogen) atoms. The Bertz CT molecular complexity index is 3730. The van der Waals surface area contributed by atoms with Crippen molar-refractivity contribution in [2.75, 3.05) is 4.90 Å². The standard InChI is InChI=1S/C65H43NS2/c1-63(2)49-20-6-3-17-43(49)46-34-31-41(38-57(46)63)66(40-33-36-52-48(37-40)45-19-5-8-22-51(45)64(52)53-23-9-13-27-59(53)67-60-28-14-10-24-54(60)64)42-32-35-47-44-18-4-7-21-50(44)65(58(47)39-42)55-25-11-15-29-61(55)68-62-30-16-12-26-56(62)65/h3-39H,1-2H3. The van der Waals surface area contributed by atoms with Gasteiger partial charge < -0.3 is 4.90 Å². The Kier molecular flexibility index (Phi) is 7.92. The maximum atomic E-state index is 2.55. The predicted molar refractivity (Wildman–Crippen MR) is 282 cm³/mol. The number of hydrogen-bond acceptors (Lipinski definition) is 3. The van der Waals surface area contributed by atoms with E-state index in [4.69, 9.17) is 0 Å². The summed E-state index contributed by atoms with van der Waals surface area (Å²) in [5.41, 5.74) is 23.7. The lowest BCUT2D eigenvalue weighted by atomic mass is 9.67. The molecule has 1 nitrogen and oxygen atoms in total. The molecule has 2 aliphatic heterocycles. The summed E-state index contributed by atoms with van der Waals surface area (Å²) in [5.74, 6) is 0. The normalized spacial score (nSPS) is 15.7. The molecule has 0 amide bonds. The third-order valence-electron chi connectivity index (χ3n) is 16.0. The molecule has 2 heterocycles. The molecule has 10 aromatic rings. The maximum absolute atomic E-state index is 2.55. The van der Waals surface area contributed by atoms with Crippen LogP contribution < -0.4 is 4.90 Å². The van der Waals surface area contributed by atoms with Crippen LogP contribution in [0.3, 0.4) is 0 Å². The molecule has 3 heteroatoms. The molecule has 0 saturated carbocycles. The third-order valence-corrected chi connectivity index (χ3v) is 18.3. The van der Waals surface area contributed by atoms with Crippen molar-refractivity contribution in [2.45, 2.75) is 49.7 Å². The summed E-state index contributed by atoms with van der Waals surface area (Å²) < 4.78 is 0. The number of benzene rings is 10. The van der Waals surface area contributed by atoms with Crippen molar-refractivity contribution in [3.8, 4) is 33.4 Å². The molecular formula is C65H43NS2. The van der Waals surface area contributed by atoms with Crippen molar-refractivity contribution in [1.29, 1.82) is 0 Å². The van der Waals surface area contributed by atoms with E-state index in [0.29, 0.717) is 0 Å². The van der Waals surface area contributed by atoms with Crippen LogP contribution >= 0.6 is 23.5 Å². The van der Waals surface area contributed by atoms with Crippen molar-refractivity contribution < 1.29 is 0 Å². The van der Waals surface area contributed by atoms with Gasteiger partial charge in [-0.3, -0.25) is 0 Å². The van der Waals surface area contributed by atoms with Crippen molar-refractivity contribution in [3.63, 3.8) is 0 Å². The summed E-state index contributed by atoms with van der Waals surface area (Å²) >= 11 is 3.79. The van der Waals surface area contributed by atoms with Gasteiger partial charge >= 0.3 is 0 Å². The maximum Gasteiger partial charge on any atom is 0.0736 e. The highest BCUT2D eigenvalue weighted by Crippen LogP contribution is 2.65. The van der Waals surface area contributed by atoms with Gasteiger partial charge in [-0.1, -0.05) is 201 Å². The third kappa shape index (κ3) is 4.85. The number of fused-ring (bicyclic) bond motifs is 21. The molecule has 15 rings (SSSR count). The molecule has 10 aromatic carbocycles. The van der Waals surface area contributed by atoms with E-state index in [2.05, 4.69) is 243 Å². The Morgan fingerprint density at radius 2 is 0.588 bits per heavy atom. The van der Waals surface area contributed by atoms with Crippen LogP contribution in [0.2, 0.25) is 0 Å². The molecule has 0 N–H and O–H groups in total. The first-order valence-corrected chi connectivity index (χ1v) is 25.4. The lowest BCUT2D eigenvalue weighted by molar-refractivity contribution is 0.660. The Morgan fingerprint density at radius 1 is 0.265 bits per heavy atom. The van der Waals surface area contributed by atoms with E-state index in [1.807, 2.05) is 23.5 Å². The number of nitrogens with zero attached hydrogens (tertiary/aromatic N) is 1. The van der Waals surface area contributed by atoms with Gasteiger partial charge in [0, 0.05) is 42.1 Å². The SMILES string of the molecule is CC1(C)c2ccccc2-c2ccc(N(c3ccc4c(c3)-c3ccccc3C43c4ccccc4Sc4ccccc43)c3ccc4c(c3)C3(c5ccccc5Sc5ccccc53)c3ccccc3-4)cc21. The highest BCUT2D eigenvalue weighted by atomic mass is 32.2. The van der Waals surface area contributed by atoms with Crippen molar-refractivity contribution >= 4 is 40.6 Å². The first-order valence-electron chi connectivity index (χ1n) is 23.7. The first kappa shape index (κ1) is 38.8. The van der Waals surface area contributed by atoms with Gasteiger partial charge in [-0.25, -0.2) is 0 Å². The van der Waals surface area contributed by atoms with Crippen LogP contribution in [-0.2, 0) is 16.2 Å². The second-order valence-corrected chi connectivity index (χ2v) is 21.6. The molecular weight excluding hydrogens is 859 g/mol.